The summed E-state index contributed by atoms with van der Waals surface area (Å²) >= 11 is 0. The zero-order valence-corrected chi connectivity index (χ0v) is 18.1. The first kappa shape index (κ1) is 16.2. The topological polar surface area (TPSA) is 79.4 Å². The lowest BCUT2D eigenvalue weighted by molar-refractivity contribution is -0.114. The first-order valence-corrected chi connectivity index (χ1v) is 11.4. The molecule has 2 saturated heterocycles. The number of anilines is 2. The van der Waals surface area contributed by atoms with Gasteiger partial charge in [-0.05, 0) is 61.6 Å². The molecule has 2 N–H and O–H groups in total. The monoisotopic (exact) mass is 440 g/mol. The SMILES string of the molecule is [2H]C([2H])([2H])C(=O)Nc1ccccc1-c1ccc(NC2C[C@@H]3CN(C([2H])([2H])C4CCOCC4)C[C@@H]3C2)nn1. The van der Waals surface area contributed by atoms with Crippen molar-refractivity contribution < 1.29 is 16.4 Å². The van der Waals surface area contributed by atoms with E-state index in [-0.39, 0.29) is 12.0 Å². The molecule has 3 heterocycles. The van der Waals surface area contributed by atoms with Crippen LogP contribution in [0.2, 0.25) is 0 Å². The van der Waals surface area contributed by atoms with Crippen LogP contribution in [0.1, 0.15) is 39.4 Å². The molecule has 7 nitrogen and oxygen atoms in total. The molecule has 32 heavy (non-hydrogen) atoms. The van der Waals surface area contributed by atoms with Crippen molar-refractivity contribution in [3.63, 3.8) is 0 Å². The molecule has 1 aromatic carbocycles. The Balaban J connectivity index is 1.18. The van der Waals surface area contributed by atoms with Crippen LogP contribution in [0.3, 0.4) is 0 Å². The van der Waals surface area contributed by atoms with Gasteiger partial charge in [0, 0.05) is 58.1 Å². The maximum Gasteiger partial charge on any atom is 0.221 e. The molecular formula is C25H33N5O2. The summed E-state index contributed by atoms with van der Waals surface area (Å²) in [5.74, 6) is 0.584. The lowest BCUT2D eigenvalue weighted by Crippen LogP contribution is -2.32. The minimum absolute atomic E-state index is 0.0368. The first-order valence-electron chi connectivity index (χ1n) is 13.9. The number of likely N-dealkylation sites (tertiary alicyclic amines) is 1. The van der Waals surface area contributed by atoms with Gasteiger partial charge in [0.25, 0.3) is 0 Å². The molecule has 1 aliphatic carbocycles. The van der Waals surface area contributed by atoms with E-state index in [1.165, 1.54) is 0 Å². The third kappa shape index (κ3) is 4.94. The van der Waals surface area contributed by atoms with Crippen LogP contribution in [-0.4, -0.2) is 59.8 Å². The number of carbonyl (C=O) groups is 1. The van der Waals surface area contributed by atoms with E-state index in [0.717, 1.165) is 38.8 Å². The molecule has 1 saturated carbocycles. The number of rotatable bonds is 6. The number of amides is 1. The van der Waals surface area contributed by atoms with Gasteiger partial charge >= 0.3 is 0 Å². The average Bonchev–Trinajstić information content (AvgIpc) is 3.44. The van der Waals surface area contributed by atoms with Gasteiger partial charge in [0.2, 0.25) is 5.91 Å². The van der Waals surface area contributed by atoms with E-state index in [1.54, 1.807) is 30.3 Å². The number of ether oxygens (including phenoxy) is 1. The zero-order chi connectivity index (χ0) is 26.2. The second-order valence-electron chi connectivity index (χ2n) is 9.06. The number of aromatic nitrogens is 2. The third-order valence-corrected chi connectivity index (χ3v) is 6.81. The molecule has 3 fully saturated rings. The lowest BCUT2D eigenvalue weighted by Gasteiger charge is -2.27. The van der Waals surface area contributed by atoms with Crippen LogP contribution in [0, 0.1) is 17.8 Å². The van der Waals surface area contributed by atoms with Crippen molar-refractivity contribution in [2.24, 2.45) is 17.8 Å². The van der Waals surface area contributed by atoms with E-state index in [2.05, 4.69) is 25.7 Å². The van der Waals surface area contributed by atoms with Gasteiger partial charge in [-0.2, -0.15) is 0 Å². The molecule has 170 valence electrons. The Morgan fingerprint density at radius 2 is 1.94 bits per heavy atom. The molecule has 0 radical (unpaired) electrons. The number of hydrogen-bond donors (Lipinski definition) is 2. The van der Waals surface area contributed by atoms with Gasteiger partial charge < -0.3 is 20.3 Å². The van der Waals surface area contributed by atoms with Gasteiger partial charge in [-0.15, -0.1) is 10.2 Å². The van der Waals surface area contributed by atoms with Crippen LogP contribution in [0.25, 0.3) is 11.3 Å². The van der Waals surface area contributed by atoms with Crippen LogP contribution in [0.15, 0.2) is 36.4 Å². The van der Waals surface area contributed by atoms with E-state index in [1.807, 2.05) is 6.07 Å². The van der Waals surface area contributed by atoms with Crippen LogP contribution in [-0.2, 0) is 9.53 Å². The number of nitrogens with zero attached hydrogens (tertiary/aromatic N) is 3. The van der Waals surface area contributed by atoms with E-state index < -0.39 is 19.3 Å². The molecule has 2 aromatic rings. The Labute approximate surface area is 197 Å². The Morgan fingerprint density at radius 3 is 2.66 bits per heavy atom. The molecule has 2 aliphatic heterocycles. The van der Waals surface area contributed by atoms with Gasteiger partial charge in [0.15, 0.2) is 0 Å². The number of para-hydroxylation sites is 1. The van der Waals surface area contributed by atoms with E-state index in [9.17, 15) is 4.79 Å². The van der Waals surface area contributed by atoms with Crippen molar-refractivity contribution in [1.82, 2.24) is 15.1 Å². The number of nitrogens with one attached hydrogen (secondary N) is 2. The lowest BCUT2D eigenvalue weighted by atomic mass is 10.00. The van der Waals surface area contributed by atoms with Gasteiger partial charge in [0.05, 0.1) is 11.4 Å². The summed E-state index contributed by atoms with van der Waals surface area (Å²) in [5, 5.41) is 14.6. The summed E-state index contributed by atoms with van der Waals surface area (Å²) in [6.45, 7) is -1.14. The van der Waals surface area contributed by atoms with Crippen molar-refractivity contribution in [3.05, 3.63) is 36.4 Å². The summed E-state index contributed by atoms with van der Waals surface area (Å²) in [7, 11) is 0. The predicted molar refractivity (Wildman–Crippen MR) is 125 cm³/mol. The second-order valence-corrected chi connectivity index (χ2v) is 9.06. The second kappa shape index (κ2) is 9.55. The van der Waals surface area contributed by atoms with Gasteiger partial charge in [-0.3, -0.25) is 4.79 Å². The molecule has 7 heteroatoms. The van der Waals surface area contributed by atoms with Crippen LogP contribution >= 0.6 is 0 Å². The molecule has 0 bridgehead atoms. The molecule has 0 spiro atoms. The summed E-state index contributed by atoms with van der Waals surface area (Å²) < 4.78 is 44.8. The average molecular weight is 441 g/mol. The summed E-state index contributed by atoms with van der Waals surface area (Å²) in [6.07, 6.45) is 3.51. The maximum absolute atomic E-state index is 12.0. The highest BCUT2D eigenvalue weighted by atomic mass is 16.5. The van der Waals surface area contributed by atoms with Gasteiger partial charge in [-0.1, -0.05) is 18.2 Å². The molecule has 3 atom stereocenters. The quantitative estimate of drug-likeness (QED) is 0.714. The molecule has 5 rings (SSSR count). The van der Waals surface area contributed by atoms with Crippen LogP contribution < -0.4 is 10.6 Å². The van der Waals surface area contributed by atoms with Crippen molar-refractivity contribution in [1.29, 1.82) is 0 Å². The highest BCUT2D eigenvalue weighted by molar-refractivity contribution is 5.93. The number of carbonyl (C=O) groups excluding carboxylic acids is 1. The molecule has 1 amide bonds. The molecule has 1 aromatic heterocycles. The predicted octanol–water partition coefficient (Wildman–Crippen LogP) is 3.65. The fourth-order valence-electron chi connectivity index (χ4n) is 5.31. The number of fused-ring (bicyclic) bond motifs is 1. The van der Waals surface area contributed by atoms with Gasteiger partial charge in [-0.25, -0.2) is 0 Å². The van der Waals surface area contributed by atoms with E-state index in [0.29, 0.717) is 47.8 Å². The van der Waals surface area contributed by atoms with E-state index in [4.69, 9.17) is 11.6 Å². The van der Waals surface area contributed by atoms with Crippen molar-refractivity contribution in [2.75, 3.05) is 43.4 Å². The third-order valence-electron chi connectivity index (χ3n) is 6.81. The van der Waals surface area contributed by atoms with Crippen molar-refractivity contribution >= 4 is 17.4 Å². The summed E-state index contributed by atoms with van der Waals surface area (Å²) in [6, 6.07) is 10.8. The highest BCUT2D eigenvalue weighted by Gasteiger charge is 2.41. The normalized spacial score (nSPS) is 29.2. The summed E-state index contributed by atoms with van der Waals surface area (Å²) in [5.41, 5.74) is 1.49. The highest BCUT2D eigenvalue weighted by Crippen LogP contribution is 2.39. The zero-order valence-electron chi connectivity index (χ0n) is 23.1. The largest absolute Gasteiger partial charge is 0.381 e. The Morgan fingerprint density at radius 1 is 1.16 bits per heavy atom. The Kier molecular flexibility index (Phi) is 4.82. The fraction of sp³-hybridized carbons (Fsp3) is 0.560. The fourth-order valence-corrected chi connectivity index (χ4v) is 5.31. The van der Waals surface area contributed by atoms with E-state index >= 15 is 0 Å². The smallest absolute Gasteiger partial charge is 0.221 e. The minimum Gasteiger partial charge on any atom is -0.381 e. The standard InChI is InChI=1S/C25H33N5O2/c1-17(31)26-23-5-3-2-4-22(23)24-6-7-25(29-28-24)27-21-12-19-15-30(16-20(19)13-21)14-18-8-10-32-11-9-18/h2-7,18-21H,8-16H2,1H3,(H,26,31)(H,27,29)/t19-,20+,21?/i1D3,14D2. The summed E-state index contributed by atoms with van der Waals surface area (Å²) in [4.78, 5) is 14.0. The maximum atomic E-state index is 12.0. The molecule has 1 unspecified atom stereocenters. The van der Waals surface area contributed by atoms with Gasteiger partial charge in [0.1, 0.15) is 5.82 Å². The van der Waals surface area contributed by atoms with Crippen LogP contribution in [0.4, 0.5) is 11.5 Å². The number of benzene rings is 1. The van der Waals surface area contributed by atoms with Crippen LogP contribution in [0.5, 0.6) is 0 Å². The Hall–Kier alpha value is -2.51. The van der Waals surface area contributed by atoms with Crippen molar-refractivity contribution in [2.45, 2.75) is 38.6 Å². The molecular weight excluding hydrogens is 402 g/mol. The minimum atomic E-state index is -2.74. The van der Waals surface area contributed by atoms with Crippen molar-refractivity contribution in [3.8, 4) is 11.3 Å². The first-order chi connectivity index (χ1) is 17.6. The number of hydrogen-bond acceptors (Lipinski definition) is 6. The Bertz CT molecular complexity index is 1090. The molecule has 3 aliphatic rings.